The molecule has 2 fully saturated rings. The fourth-order valence-corrected chi connectivity index (χ4v) is 3.23. The lowest BCUT2D eigenvalue weighted by molar-refractivity contribution is -0.140. The molecular formula is C16H15N3O2. The Kier molecular flexibility index (Phi) is 2.67. The first-order valence-corrected chi connectivity index (χ1v) is 7.20. The van der Waals surface area contributed by atoms with E-state index >= 15 is 0 Å². The minimum Gasteiger partial charge on any atom is -0.329 e. The van der Waals surface area contributed by atoms with Gasteiger partial charge in [0.25, 0.3) is 0 Å². The molecule has 5 nitrogen and oxygen atoms in total. The van der Waals surface area contributed by atoms with Gasteiger partial charge in [0, 0.05) is 11.9 Å². The molecule has 0 N–H and O–H groups in total. The third-order valence-electron chi connectivity index (χ3n) is 4.31. The van der Waals surface area contributed by atoms with Crippen LogP contribution in [0.2, 0.25) is 0 Å². The molecule has 5 heteroatoms. The van der Waals surface area contributed by atoms with Crippen LogP contribution in [0, 0.1) is 0 Å². The van der Waals surface area contributed by atoms with Crippen molar-refractivity contribution in [2.45, 2.75) is 18.9 Å². The van der Waals surface area contributed by atoms with Crippen LogP contribution >= 0.6 is 0 Å². The lowest BCUT2D eigenvalue weighted by Gasteiger charge is -2.36. The molecule has 1 unspecified atom stereocenters. The Bertz CT molecular complexity index is 743. The van der Waals surface area contributed by atoms with Crippen molar-refractivity contribution in [3.05, 3.63) is 36.5 Å². The fraction of sp³-hybridized carbons (Fsp3) is 0.312. The van der Waals surface area contributed by atoms with E-state index in [9.17, 15) is 9.59 Å². The van der Waals surface area contributed by atoms with E-state index in [1.54, 1.807) is 16.0 Å². The largest absolute Gasteiger partial charge is 0.329 e. The van der Waals surface area contributed by atoms with Crippen LogP contribution < -0.4 is 4.90 Å². The van der Waals surface area contributed by atoms with Crippen LogP contribution in [-0.2, 0) is 9.59 Å². The zero-order valence-electron chi connectivity index (χ0n) is 11.5. The number of carbonyl (C=O) groups is 2. The number of hydrogen-bond donors (Lipinski definition) is 0. The van der Waals surface area contributed by atoms with E-state index in [4.69, 9.17) is 0 Å². The van der Waals surface area contributed by atoms with Gasteiger partial charge in [-0.05, 0) is 25.0 Å². The van der Waals surface area contributed by atoms with Crippen LogP contribution in [0.3, 0.4) is 0 Å². The van der Waals surface area contributed by atoms with Gasteiger partial charge in [-0.25, -0.2) is 0 Å². The summed E-state index contributed by atoms with van der Waals surface area (Å²) < 4.78 is 0. The van der Waals surface area contributed by atoms with Crippen molar-refractivity contribution in [3.63, 3.8) is 0 Å². The molecular weight excluding hydrogens is 266 g/mol. The Labute approximate surface area is 122 Å². The lowest BCUT2D eigenvalue weighted by Crippen LogP contribution is -2.57. The summed E-state index contributed by atoms with van der Waals surface area (Å²) in [5.41, 5.74) is 1.60. The number of fused-ring (bicyclic) bond motifs is 2. The van der Waals surface area contributed by atoms with E-state index in [1.165, 1.54) is 0 Å². The summed E-state index contributed by atoms with van der Waals surface area (Å²) in [6.07, 6.45) is 3.35. The summed E-state index contributed by atoms with van der Waals surface area (Å²) in [6, 6.07) is 9.41. The number of piperazine rings is 1. The summed E-state index contributed by atoms with van der Waals surface area (Å²) in [5, 5.41) is 0.976. The number of para-hydroxylation sites is 1. The Balaban J connectivity index is 1.73. The minimum atomic E-state index is -0.280. The summed E-state index contributed by atoms with van der Waals surface area (Å²) in [5.74, 6) is 0.0504. The predicted molar refractivity (Wildman–Crippen MR) is 78.8 cm³/mol. The summed E-state index contributed by atoms with van der Waals surface area (Å²) in [6.45, 7) is 0.828. The third-order valence-corrected chi connectivity index (χ3v) is 4.31. The van der Waals surface area contributed by atoms with Crippen LogP contribution in [0.4, 0.5) is 5.69 Å². The number of rotatable bonds is 1. The van der Waals surface area contributed by atoms with Gasteiger partial charge in [0.05, 0.1) is 17.4 Å². The average molecular weight is 281 g/mol. The highest BCUT2D eigenvalue weighted by Crippen LogP contribution is 2.28. The standard InChI is InChI=1S/C16H15N3O2/c20-15-10-19(16(21)14-6-3-7-18(14)15)12-8-11-4-1-2-5-13(11)17-9-12/h1-2,4-5,8-9,14H,3,6-7,10H2. The number of amides is 2. The Morgan fingerprint density at radius 2 is 2.05 bits per heavy atom. The maximum atomic E-state index is 12.6. The Morgan fingerprint density at radius 1 is 1.19 bits per heavy atom. The lowest BCUT2D eigenvalue weighted by atomic mass is 10.1. The van der Waals surface area contributed by atoms with E-state index in [1.807, 2.05) is 30.3 Å². The number of benzene rings is 1. The van der Waals surface area contributed by atoms with Gasteiger partial charge >= 0.3 is 0 Å². The van der Waals surface area contributed by atoms with Crippen molar-refractivity contribution >= 4 is 28.4 Å². The molecule has 2 aliphatic rings. The van der Waals surface area contributed by atoms with Gasteiger partial charge in [0.1, 0.15) is 12.6 Å². The average Bonchev–Trinajstić information content (AvgIpc) is 3.01. The van der Waals surface area contributed by atoms with Gasteiger partial charge in [-0.3, -0.25) is 19.5 Å². The summed E-state index contributed by atoms with van der Waals surface area (Å²) in [4.78, 5) is 32.4. The SMILES string of the molecule is O=C1C2CCCN2C(=O)CN1c1cnc2ccccc2c1. The normalized spacial score (nSPS) is 22.0. The summed E-state index contributed by atoms with van der Waals surface area (Å²) >= 11 is 0. The number of aromatic nitrogens is 1. The zero-order valence-corrected chi connectivity index (χ0v) is 11.5. The van der Waals surface area contributed by atoms with Crippen molar-refractivity contribution < 1.29 is 9.59 Å². The molecule has 1 aromatic carbocycles. The predicted octanol–water partition coefficient (Wildman–Crippen LogP) is 1.57. The number of pyridine rings is 1. The molecule has 3 heterocycles. The van der Waals surface area contributed by atoms with Crippen LogP contribution in [0.15, 0.2) is 36.5 Å². The van der Waals surface area contributed by atoms with E-state index in [2.05, 4.69) is 4.98 Å². The van der Waals surface area contributed by atoms with E-state index in [-0.39, 0.29) is 24.4 Å². The molecule has 21 heavy (non-hydrogen) atoms. The molecule has 0 bridgehead atoms. The second-order valence-electron chi connectivity index (χ2n) is 5.56. The maximum Gasteiger partial charge on any atom is 0.250 e. The highest BCUT2D eigenvalue weighted by atomic mass is 16.2. The van der Waals surface area contributed by atoms with Crippen molar-refractivity contribution in [1.82, 2.24) is 9.88 Å². The molecule has 4 rings (SSSR count). The molecule has 2 aromatic rings. The van der Waals surface area contributed by atoms with Gasteiger partial charge in [-0.1, -0.05) is 18.2 Å². The van der Waals surface area contributed by atoms with Crippen LogP contribution in [0.25, 0.3) is 10.9 Å². The van der Waals surface area contributed by atoms with E-state index in [0.717, 1.165) is 23.7 Å². The number of carbonyl (C=O) groups excluding carboxylic acids is 2. The number of nitrogens with zero attached hydrogens (tertiary/aromatic N) is 3. The van der Waals surface area contributed by atoms with Gasteiger partial charge < -0.3 is 4.90 Å². The van der Waals surface area contributed by atoms with Crippen molar-refractivity contribution in [2.24, 2.45) is 0 Å². The fourth-order valence-electron chi connectivity index (χ4n) is 3.23. The quantitative estimate of drug-likeness (QED) is 0.797. The van der Waals surface area contributed by atoms with Crippen LogP contribution in [-0.4, -0.2) is 40.8 Å². The highest BCUT2D eigenvalue weighted by Gasteiger charge is 2.42. The topological polar surface area (TPSA) is 53.5 Å². The molecule has 106 valence electrons. The van der Waals surface area contributed by atoms with E-state index in [0.29, 0.717) is 12.2 Å². The zero-order chi connectivity index (χ0) is 14.4. The first kappa shape index (κ1) is 12.3. The Morgan fingerprint density at radius 3 is 2.95 bits per heavy atom. The number of hydrogen-bond acceptors (Lipinski definition) is 3. The molecule has 1 atom stereocenters. The minimum absolute atomic E-state index is 0.0178. The Hall–Kier alpha value is -2.43. The van der Waals surface area contributed by atoms with E-state index < -0.39 is 0 Å². The van der Waals surface area contributed by atoms with Crippen molar-refractivity contribution in [1.29, 1.82) is 0 Å². The van der Waals surface area contributed by atoms with Crippen molar-refractivity contribution in [3.8, 4) is 0 Å². The third kappa shape index (κ3) is 1.88. The molecule has 0 saturated carbocycles. The van der Waals surface area contributed by atoms with Gasteiger partial charge in [0.2, 0.25) is 11.8 Å². The first-order valence-electron chi connectivity index (χ1n) is 7.20. The van der Waals surface area contributed by atoms with Gasteiger partial charge in [0.15, 0.2) is 0 Å². The molecule has 0 spiro atoms. The van der Waals surface area contributed by atoms with Crippen LogP contribution in [0.1, 0.15) is 12.8 Å². The molecule has 2 saturated heterocycles. The molecule has 2 aliphatic heterocycles. The van der Waals surface area contributed by atoms with Crippen molar-refractivity contribution in [2.75, 3.05) is 18.0 Å². The second-order valence-corrected chi connectivity index (χ2v) is 5.56. The maximum absolute atomic E-state index is 12.6. The summed E-state index contributed by atoms with van der Waals surface area (Å²) in [7, 11) is 0. The second kappa shape index (κ2) is 4.55. The molecule has 2 amide bonds. The van der Waals surface area contributed by atoms with Crippen LogP contribution in [0.5, 0.6) is 0 Å². The molecule has 0 radical (unpaired) electrons. The smallest absolute Gasteiger partial charge is 0.250 e. The molecule has 1 aromatic heterocycles. The highest BCUT2D eigenvalue weighted by molar-refractivity contribution is 6.07. The van der Waals surface area contributed by atoms with Gasteiger partial charge in [-0.2, -0.15) is 0 Å². The van der Waals surface area contributed by atoms with Gasteiger partial charge in [-0.15, -0.1) is 0 Å². The molecule has 0 aliphatic carbocycles. The number of anilines is 1. The first-order chi connectivity index (χ1) is 10.2. The monoisotopic (exact) mass is 281 g/mol.